The standard InChI is InChI=1S/C17H18FNO3/c1-11-8-10-22-16(11)17(20)19-15(14-3-2-9-21-14)12-4-6-13(18)7-5-12/h4-8,10,14-15H,2-3,9H2,1H3,(H,19,20)/t14-,15+/m0/s1. The molecule has 1 N–H and O–H groups in total. The molecule has 0 unspecified atom stereocenters. The second-order valence-corrected chi connectivity index (χ2v) is 5.49. The van der Waals surface area contributed by atoms with E-state index in [1.54, 1.807) is 18.2 Å². The predicted octanol–water partition coefficient (Wildman–Crippen LogP) is 3.38. The van der Waals surface area contributed by atoms with Crippen molar-refractivity contribution in [3.05, 3.63) is 59.3 Å². The number of rotatable bonds is 4. The summed E-state index contributed by atoms with van der Waals surface area (Å²) in [6, 6.07) is 7.56. The summed E-state index contributed by atoms with van der Waals surface area (Å²) in [6.45, 7) is 2.50. The van der Waals surface area contributed by atoms with Gasteiger partial charge in [-0.25, -0.2) is 4.39 Å². The van der Waals surface area contributed by atoms with Gasteiger partial charge in [-0.15, -0.1) is 0 Å². The molecule has 22 heavy (non-hydrogen) atoms. The Balaban J connectivity index is 1.84. The second-order valence-electron chi connectivity index (χ2n) is 5.49. The number of ether oxygens (including phenoxy) is 1. The molecule has 116 valence electrons. The van der Waals surface area contributed by atoms with Gasteiger partial charge in [0.05, 0.1) is 18.4 Å². The van der Waals surface area contributed by atoms with Crippen LogP contribution in [-0.4, -0.2) is 18.6 Å². The van der Waals surface area contributed by atoms with Crippen molar-refractivity contribution >= 4 is 5.91 Å². The van der Waals surface area contributed by atoms with Crippen molar-refractivity contribution in [3.63, 3.8) is 0 Å². The highest BCUT2D eigenvalue weighted by molar-refractivity contribution is 5.93. The molecule has 0 spiro atoms. The van der Waals surface area contributed by atoms with Crippen LogP contribution in [0.15, 0.2) is 41.0 Å². The number of amides is 1. The van der Waals surface area contributed by atoms with Gasteiger partial charge < -0.3 is 14.5 Å². The van der Waals surface area contributed by atoms with Crippen molar-refractivity contribution in [2.75, 3.05) is 6.61 Å². The molecule has 2 heterocycles. The summed E-state index contributed by atoms with van der Waals surface area (Å²) in [4.78, 5) is 12.4. The van der Waals surface area contributed by atoms with Gasteiger partial charge in [0, 0.05) is 12.2 Å². The maximum atomic E-state index is 13.1. The number of furan rings is 1. The number of hydrogen-bond donors (Lipinski definition) is 1. The quantitative estimate of drug-likeness (QED) is 0.942. The van der Waals surface area contributed by atoms with Gasteiger partial charge in [-0.3, -0.25) is 4.79 Å². The molecule has 2 atom stereocenters. The SMILES string of the molecule is Cc1ccoc1C(=O)N[C@H](c1ccc(F)cc1)[C@@H]1CCCO1. The molecule has 3 rings (SSSR count). The first-order chi connectivity index (χ1) is 10.6. The highest BCUT2D eigenvalue weighted by Crippen LogP contribution is 2.27. The summed E-state index contributed by atoms with van der Waals surface area (Å²) in [5.74, 6) is -0.291. The third-order valence-electron chi connectivity index (χ3n) is 3.92. The van der Waals surface area contributed by atoms with Crippen LogP contribution in [-0.2, 0) is 4.74 Å². The van der Waals surface area contributed by atoms with Gasteiger partial charge in [-0.2, -0.15) is 0 Å². The number of benzene rings is 1. The molecule has 1 fully saturated rings. The maximum absolute atomic E-state index is 13.1. The molecule has 0 aliphatic carbocycles. The molecule has 0 saturated carbocycles. The number of carbonyl (C=O) groups is 1. The Morgan fingerprint density at radius 2 is 2.09 bits per heavy atom. The fourth-order valence-electron chi connectivity index (χ4n) is 2.74. The lowest BCUT2D eigenvalue weighted by atomic mass is 9.99. The summed E-state index contributed by atoms with van der Waals surface area (Å²) in [6.07, 6.45) is 3.20. The number of carbonyl (C=O) groups excluding carboxylic acids is 1. The highest BCUT2D eigenvalue weighted by Gasteiger charge is 2.30. The van der Waals surface area contributed by atoms with E-state index >= 15 is 0 Å². The van der Waals surface area contributed by atoms with E-state index in [2.05, 4.69) is 5.32 Å². The Kier molecular flexibility index (Phi) is 4.24. The van der Waals surface area contributed by atoms with Crippen LogP contribution in [0.2, 0.25) is 0 Å². The maximum Gasteiger partial charge on any atom is 0.287 e. The van der Waals surface area contributed by atoms with E-state index in [1.165, 1.54) is 18.4 Å². The lowest BCUT2D eigenvalue weighted by molar-refractivity contribution is 0.0657. The molecule has 1 saturated heterocycles. The predicted molar refractivity (Wildman–Crippen MR) is 79.0 cm³/mol. The van der Waals surface area contributed by atoms with Crippen LogP contribution in [0.3, 0.4) is 0 Å². The molecule has 5 heteroatoms. The van der Waals surface area contributed by atoms with Crippen LogP contribution in [0, 0.1) is 12.7 Å². The summed E-state index contributed by atoms with van der Waals surface area (Å²) < 4.78 is 24.1. The molecule has 4 nitrogen and oxygen atoms in total. The molecule has 0 radical (unpaired) electrons. The van der Waals surface area contributed by atoms with Crippen molar-refractivity contribution in [1.82, 2.24) is 5.32 Å². The van der Waals surface area contributed by atoms with Crippen molar-refractivity contribution in [2.24, 2.45) is 0 Å². The zero-order valence-electron chi connectivity index (χ0n) is 12.3. The Bertz CT molecular complexity index is 644. The minimum atomic E-state index is -0.319. The number of hydrogen-bond acceptors (Lipinski definition) is 3. The molecule has 0 bridgehead atoms. The number of halogens is 1. The first kappa shape index (κ1) is 14.8. The van der Waals surface area contributed by atoms with Gasteiger partial charge in [0.2, 0.25) is 0 Å². The highest BCUT2D eigenvalue weighted by atomic mass is 19.1. The topological polar surface area (TPSA) is 51.5 Å². The fourth-order valence-corrected chi connectivity index (χ4v) is 2.74. The fraction of sp³-hybridized carbons (Fsp3) is 0.353. The van der Waals surface area contributed by atoms with Gasteiger partial charge in [-0.05, 0) is 43.5 Å². The van der Waals surface area contributed by atoms with E-state index in [4.69, 9.17) is 9.15 Å². The molecular formula is C17H18FNO3. The van der Waals surface area contributed by atoms with E-state index in [0.717, 1.165) is 24.0 Å². The largest absolute Gasteiger partial charge is 0.459 e. The van der Waals surface area contributed by atoms with E-state index in [-0.39, 0.29) is 23.9 Å². The van der Waals surface area contributed by atoms with Crippen LogP contribution in [0.25, 0.3) is 0 Å². The number of nitrogens with one attached hydrogen (secondary N) is 1. The lowest BCUT2D eigenvalue weighted by Crippen LogP contribution is -2.36. The second kappa shape index (κ2) is 6.32. The molecule has 2 aromatic rings. The molecule has 1 amide bonds. The van der Waals surface area contributed by atoms with Gasteiger partial charge in [0.15, 0.2) is 5.76 Å². The van der Waals surface area contributed by atoms with E-state index in [1.807, 2.05) is 6.92 Å². The van der Waals surface area contributed by atoms with Crippen LogP contribution in [0.1, 0.15) is 40.6 Å². The van der Waals surface area contributed by atoms with Crippen LogP contribution < -0.4 is 5.32 Å². The summed E-state index contributed by atoms with van der Waals surface area (Å²) in [5, 5.41) is 2.96. The smallest absolute Gasteiger partial charge is 0.287 e. The van der Waals surface area contributed by atoms with Crippen LogP contribution in [0.5, 0.6) is 0 Å². The number of aryl methyl sites for hydroxylation is 1. The van der Waals surface area contributed by atoms with Crippen LogP contribution in [0.4, 0.5) is 4.39 Å². The summed E-state index contributed by atoms with van der Waals surface area (Å²) in [7, 11) is 0. The Morgan fingerprint density at radius 1 is 1.32 bits per heavy atom. The summed E-state index contributed by atoms with van der Waals surface area (Å²) >= 11 is 0. The Labute approximate surface area is 128 Å². The molecule has 1 aliphatic rings. The molecule has 1 aromatic heterocycles. The lowest BCUT2D eigenvalue weighted by Gasteiger charge is -2.24. The van der Waals surface area contributed by atoms with Crippen molar-refractivity contribution < 1.29 is 18.3 Å². The molecule has 1 aromatic carbocycles. The zero-order valence-corrected chi connectivity index (χ0v) is 12.3. The third-order valence-corrected chi connectivity index (χ3v) is 3.92. The van der Waals surface area contributed by atoms with Crippen LogP contribution >= 0.6 is 0 Å². The van der Waals surface area contributed by atoms with Crippen molar-refractivity contribution in [2.45, 2.75) is 31.9 Å². The monoisotopic (exact) mass is 303 g/mol. The third kappa shape index (κ3) is 3.04. The van der Waals surface area contributed by atoms with E-state index in [0.29, 0.717) is 12.4 Å². The average Bonchev–Trinajstić information content (AvgIpc) is 3.17. The molecule has 1 aliphatic heterocycles. The average molecular weight is 303 g/mol. The van der Waals surface area contributed by atoms with Crippen molar-refractivity contribution in [1.29, 1.82) is 0 Å². The van der Waals surface area contributed by atoms with Gasteiger partial charge in [0.25, 0.3) is 5.91 Å². The van der Waals surface area contributed by atoms with E-state index < -0.39 is 0 Å². The minimum absolute atomic E-state index is 0.107. The van der Waals surface area contributed by atoms with Gasteiger partial charge in [-0.1, -0.05) is 12.1 Å². The van der Waals surface area contributed by atoms with Gasteiger partial charge >= 0.3 is 0 Å². The first-order valence-electron chi connectivity index (χ1n) is 7.37. The Hall–Kier alpha value is -2.14. The van der Waals surface area contributed by atoms with Crippen molar-refractivity contribution in [3.8, 4) is 0 Å². The zero-order chi connectivity index (χ0) is 15.5. The Morgan fingerprint density at radius 3 is 2.68 bits per heavy atom. The summed E-state index contributed by atoms with van der Waals surface area (Å²) in [5.41, 5.74) is 1.61. The van der Waals surface area contributed by atoms with E-state index in [9.17, 15) is 9.18 Å². The first-order valence-corrected chi connectivity index (χ1v) is 7.37. The minimum Gasteiger partial charge on any atom is -0.459 e. The van der Waals surface area contributed by atoms with Gasteiger partial charge in [0.1, 0.15) is 5.82 Å². The normalized spacial score (nSPS) is 19.1. The molecular weight excluding hydrogens is 285 g/mol.